The van der Waals surface area contributed by atoms with E-state index in [4.69, 9.17) is 4.74 Å². The minimum Gasteiger partial charge on any atom is -0.497 e. The van der Waals surface area contributed by atoms with E-state index in [1.54, 1.807) is 18.9 Å². The third-order valence-corrected chi connectivity index (χ3v) is 4.21. The number of hydrogen-bond donors (Lipinski definition) is 1. The van der Waals surface area contributed by atoms with Gasteiger partial charge in [0, 0.05) is 34.0 Å². The third kappa shape index (κ3) is 2.45. The van der Waals surface area contributed by atoms with Crippen molar-refractivity contribution in [3.05, 3.63) is 30.0 Å². The van der Waals surface area contributed by atoms with Crippen LogP contribution in [0.4, 0.5) is 5.95 Å². The summed E-state index contributed by atoms with van der Waals surface area (Å²) in [5.41, 5.74) is 3.37. The Labute approximate surface area is 123 Å². The Balaban J connectivity index is 2.05. The molecule has 2 aromatic rings. The smallest absolute Gasteiger partial charge is 0.223 e. The lowest BCUT2D eigenvalue weighted by Crippen LogP contribution is -2.13. The zero-order chi connectivity index (χ0) is 14.1. The van der Waals surface area contributed by atoms with Crippen LogP contribution < -0.4 is 10.1 Å². The molecule has 0 radical (unpaired) electrons. The molecule has 3 rings (SSSR count). The first-order chi connectivity index (χ1) is 9.67. The Hall–Kier alpha value is -1.75. The van der Waals surface area contributed by atoms with Gasteiger partial charge in [-0.25, -0.2) is 9.97 Å². The van der Waals surface area contributed by atoms with Gasteiger partial charge in [0.15, 0.2) is 0 Å². The summed E-state index contributed by atoms with van der Waals surface area (Å²) in [7, 11) is 1.69. The maximum Gasteiger partial charge on any atom is 0.223 e. The molecule has 0 atom stereocenters. The van der Waals surface area contributed by atoms with Gasteiger partial charge in [-0.2, -0.15) is 0 Å². The Morgan fingerprint density at radius 1 is 1.35 bits per heavy atom. The molecule has 4 nitrogen and oxygen atoms in total. The van der Waals surface area contributed by atoms with Crippen molar-refractivity contribution in [1.29, 1.82) is 0 Å². The van der Waals surface area contributed by atoms with Crippen LogP contribution in [0.15, 0.2) is 29.3 Å². The van der Waals surface area contributed by atoms with Crippen molar-refractivity contribution in [1.82, 2.24) is 9.97 Å². The molecule has 0 amide bonds. The standard InChI is InChI=1S/C15H17N3OS/c1-9(2)17-15-16-7-10-8-20-13-6-11(19-3)4-5-12(13)14(10)18-15/h4-7,9H,8H2,1-3H3,(H,16,17,18). The quantitative estimate of drug-likeness (QED) is 0.935. The number of nitrogens with one attached hydrogen (secondary N) is 1. The first-order valence-corrected chi connectivity index (χ1v) is 7.59. The summed E-state index contributed by atoms with van der Waals surface area (Å²) in [5, 5.41) is 3.25. The van der Waals surface area contributed by atoms with Crippen molar-refractivity contribution in [3.63, 3.8) is 0 Å². The zero-order valence-corrected chi connectivity index (χ0v) is 12.6. The summed E-state index contributed by atoms with van der Waals surface area (Å²) in [4.78, 5) is 10.3. The monoisotopic (exact) mass is 287 g/mol. The van der Waals surface area contributed by atoms with E-state index in [1.807, 2.05) is 12.3 Å². The second-order valence-corrected chi connectivity index (χ2v) is 6.03. The van der Waals surface area contributed by atoms with Gasteiger partial charge in [0.1, 0.15) is 5.75 Å². The van der Waals surface area contributed by atoms with Gasteiger partial charge in [-0.1, -0.05) is 0 Å². The number of rotatable bonds is 3. The number of aromatic nitrogens is 2. The first kappa shape index (κ1) is 13.2. The Morgan fingerprint density at radius 2 is 2.20 bits per heavy atom. The predicted octanol–water partition coefficient (Wildman–Crippen LogP) is 3.58. The maximum absolute atomic E-state index is 5.29. The van der Waals surface area contributed by atoms with E-state index in [1.165, 1.54) is 10.5 Å². The normalized spacial score (nSPS) is 12.8. The van der Waals surface area contributed by atoms with E-state index in [-0.39, 0.29) is 0 Å². The molecule has 0 spiro atoms. The van der Waals surface area contributed by atoms with Crippen molar-refractivity contribution in [3.8, 4) is 17.0 Å². The number of thioether (sulfide) groups is 1. The molecule has 0 saturated heterocycles. The summed E-state index contributed by atoms with van der Waals surface area (Å²) >= 11 is 1.80. The van der Waals surface area contributed by atoms with Gasteiger partial charge in [0.05, 0.1) is 12.8 Å². The lowest BCUT2D eigenvalue weighted by Gasteiger charge is -2.19. The van der Waals surface area contributed by atoms with E-state index in [2.05, 4.69) is 41.3 Å². The van der Waals surface area contributed by atoms with Crippen LogP contribution in [0, 0.1) is 0 Å². The van der Waals surface area contributed by atoms with Crippen LogP contribution in [0.1, 0.15) is 19.4 Å². The molecule has 20 heavy (non-hydrogen) atoms. The van der Waals surface area contributed by atoms with E-state index < -0.39 is 0 Å². The lowest BCUT2D eigenvalue weighted by atomic mass is 10.1. The Morgan fingerprint density at radius 3 is 2.95 bits per heavy atom. The molecule has 0 bridgehead atoms. The number of methoxy groups -OCH3 is 1. The number of nitrogens with zero attached hydrogens (tertiary/aromatic N) is 2. The van der Waals surface area contributed by atoms with E-state index in [0.29, 0.717) is 12.0 Å². The van der Waals surface area contributed by atoms with E-state index >= 15 is 0 Å². The van der Waals surface area contributed by atoms with E-state index in [0.717, 1.165) is 22.8 Å². The van der Waals surface area contributed by atoms with Crippen molar-refractivity contribution in [2.75, 3.05) is 12.4 Å². The molecule has 1 aromatic carbocycles. The predicted molar refractivity (Wildman–Crippen MR) is 82.3 cm³/mol. The highest BCUT2D eigenvalue weighted by Crippen LogP contribution is 2.42. The summed E-state index contributed by atoms with van der Waals surface area (Å²) in [6.45, 7) is 4.16. The molecule has 1 N–H and O–H groups in total. The zero-order valence-electron chi connectivity index (χ0n) is 11.8. The number of benzene rings is 1. The van der Waals surface area contributed by atoms with Gasteiger partial charge in [-0.15, -0.1) is 11.8 Å². The largest absolute Gasteiger partial charge is 0.497 e. The summed E-state index contributed by atoms with van der Waals surface area (Å²) in [6, 6.07) is 6.44. The molecule has 0 saturated carbocycles. The van der Waals surface area contributed by atoms with Gasteiger partial charge >= 0.3 is 0 Å². The molecule has 2 heterocycles. The van der Waals surface area contributed by atoms with Gasteiger partial charge in [0.2, 0.25) is 5.95 Å². The van der Waals surface area contributed by atoms with Crippen LogP contribution in [-0.4, -0.2) is 23.1 Å². The summed E-state index contributed by atoms with van der Waals surface area (Å²) in [5.74, 6) is 2.47. The fraction of sp³-hybridized carbons (Fsp3) is 0.333. The minimum absolute atomic E-state index is 0.321. The maximum atomic E-state index is 5.29. The van der Waals surface area contributed by atoms with E-state index in [9.17, 15) is 0 Å². The molecular formula is C15H17N3OS. The van der Waals surface area contributed by atoms with Crippen LogP contribution in [0.2, 0.25) is 0 Å². The molecule has 1 aliphatic heterocycles. The summed E-state index contributed by atoms with van der Waals surface area (Å²) < 4.78 is 5.29. The number of fused-ring (bicyclic) bond motifs is 3. The number of anilines is 1. The third-order valence-electron chi connectivity index (χ3n) is 3.11. The SMILES string of the molecule is COc1ccc2c(c1)SCc1cnc(NC(C)C)nc1-2. The van der Waals surface area contributed by atoms with Crippen LogP contribution in [-0.2, 0) is 5.75 Å². The second kappa shape index (κ2) is 5.32. The highest BCUT2D eigenvalue weighted by molar-refractivity contribution is 7.98. The highest BCUT2D eigenvalue weighted by Gasteiger charge is 2.19. The van der Waals surface area contributed by atoms with Gasteiger partial charge < -0.3 is 10.1 Å². The number of ether oxygens (including phenoxy) is 1. The van der Waals surface area contributed by atoms with Crippen molar-refractivity contribution >= 4 is 17.7 Å². The van der Waals surface area contributed by atoms with Gasteiger partial charge in [-0.05, 0) is 32.0 Å². The molecule has 1 aliphatic rings. The van der Waals surface area contributed by atoms with Gasteiger partial charge in [-0.3, -0.25) is 0 Å². The van der Waals surface area contributed by atoms with Crippen LogP contribution in [0.3, 0.4) is 0 Å². The molecule has 5 heteroatoms. The van der Waals surface area contributed by atoms with Crippen molar-refractivity contribution in [2.45, 2.75) is 30.5 Å². The highest BCUT2D eigenvalue weighted by atomic mass is 32.2. The lowest BCUT2D eigenvalue weighted by molar-refractivity contribution is 0.414. The van der Waals surface area contributed by atoms with Crippen LogP contribution >= 0.6 is 11.8 Å². The number of hydrogen-bond acceptors (Lipinski definition) is 5. The van der Waals surface area contributed by atoms with Crippen LogP contribution in [0.5, 0.6) is 5.75 Å². The fourth-order valence-corrected chi connectivity index (χ4v) is 3.22. The van der Waals surface area contributed by atoms with Crippen molar-refractivity contribution < 1.29 is 4.74 Å². The van der Waals surface area contributed by atoms with Gasteiger partial charge in [0.25, 0.3) is 0 Å². The average molecular weight is 287 g/mol. The summed E-state index contributed by atoms with van der Waals surface area (Å²) in [6.07, 6.45) is 1.92. The minimum atomic E-state index is 0.321. The average Bonchev–Trinajstić information content (AvgIpc) is 2.45. The molecule has 104 valence electrons. The molecule has 0 unspecified atom stereocenters. The first-order valence-electron chi connectivity index (χ1n) is 6.61. The van der Waals surface area contributed by atoms with Crippen molar-refractivity contribution in [2.24, 2.45) is 0 Å². The van der Waals surface area contributed by atoms with Crippen LogP contribution in [0.25, 0.3) is 11.3 Å². The topological polar surface area (TPSA) is 47.0 Å². The molecular weight excluding hydrogens is 270 g/mol. The Kier molecular flexibility index (Phi) is 3.53. The fourth-order valence-electron chi connectivity index (χ4n) is 2.17. The second-order valence-electron chi connectivity index (χ2n) is 5.02. The molecule has 0 aliphatic carbocycles. The Bertz CT molecular complexity index is 643. The molecule has 0 fully saturated rings. The molecule has 1 aromatic heterocycles.